The molecule has 0 saturated heterocycles. The van der Waals surface area contributed by atoms with Crippen molar-refractivity contribution in [3.05, 3.63) is 53.8 Å². The molecule has 0 atom stereocenters. The number of nitrogens with one attached hydrogen (secondary N) is 1. The van der Waals surface area contributed by atoms with Crippen LogP contribution in [0.15, 0.2) is 47.4 Å². The number of aryl methyl sites for hydroxylation is 1. The number of amides is 1. The van der Waals surface area contributed by atoms with E-state index in [1.54, 1.807) is 18.2 Å². The van der Waals surface area contributed by atoms with Crippen LogP contribution in [0.5, 0.6) is 5.75 Å². The zero-order valence-corrected chi connectivity index (χ0v) is 13.5. The van der Waals surface area contributed by atoms with Gasteiger partial charge in [0.1, 0.15) is 17.3 Å². The minimum Gasteiger partial charge on any atom is -0.495 e. The van der Waals surface area contributed by atoms with Gasteiger partial charge in [-0.1, -0.05) is 12.1 Å². The normalized spacial score (nSPS) is 11.1. The molecule has 0 aliphatic rings. The Morgan fingerprint density at radius 3 is 2.61 bits per heavy atom. The second-order valence-corrected chi connectivity index (χ2v) is 6.96. The summed E-state index contributed by atoms with van der Waals surface area (Å²) in [5.74, 6) is -1.76. The quantitative estimate of drug-likeness (QED) is 0.910. The number of hydrogen-bond acceptors (Lipinski definition) is 4. The minimum atomic E-state index is -3.92. The maximum absolute atomic E-state index is 13.1. The van der Waals surface area contributed by atoms with Gasteiger partial charge in [0.25, 0.3) is 0 Å². The average Bonchev–Trinajstić information content (AvgIpc) is 2.47. The number of carbonyl (C=O) groups is 1. The van der Waals surface area contributed by atoms with Gasteiger partial charge in [0.2, 0.25) is 5.91 Å². The largest absolute Gasteiger partial charge is 0.495 e. The Balaban J connectivity index is 2.18. The van der Waals surface area contributed by atoms with E-state index in [4.69, 9.17) is 4.74 Å². The molecule has 2 aromatic rings. The van der Waals surface area contributed by atoms with E-state index in [-0.39, 0.29) is 4.90 Å². The predicted molar refractivity (Wildman–Crippen MR) is 84.8 cm³/mol. The molecule has 0 aliphatic carbocycles. The third-order valence-corrected chi connectivity index (χ3v) is 4.72. The van der Waals surface area contributed by atoms with E-state index in [1.165, 1.54) is 19.2 Å². The van der Waals surface area contributed by atoms with Crippen molar-refractivity contribution in [2.45, 2.75) is 11.8 Å². The lowest BCUT2D eigenvalue weighted by atomic mass is 10.2. The summed E-state index contributed by atoms with van der Waals surface area (Å²) >= 11 is 0. The van der Waals surface area contributed by atoms with Gasteiger partial charge in [-0.2, -0.15) is 0 Å². The number of methoxy groups -OCH3 is 1. The predicted octanol–water partition coefficient (Wildman–Crippen LogP) is 2.56. The number of rotatable bonds is 5. The number of anilines is 1. The van der Waals surface area contributed by atoms with Crippen molar-refractivity contribution in [3.63, 3.8) is 0 Å². The first-order chi connectivity index (χ1) is 10.8. The Hall–Kier alpha value is -2.41. The van der Waals surface area contributed by atoms with E-state index in [2.05, 4.69) is 5.32 Å². The molecule has 0 spiro atoms. The Morgan fingerprint density at radius 1 is 1.22 bits per heavy atom. The summed E-state index contributed by atoms with van der Waals surface area (Å²) in [5.41, 5.74) is 1.26. The second-order valence-electron chi connectivity index (χ2n) is 4.97. The minimum absolute atomic E-state index is 0.233. The SMILES string of the molecule is COc1ccc(C)cc1NC(=O)CS(=O)(=O)c1cccc(F)c1. The second kappa shape index (κ2) is 6.78. The third-order valence-electron chi connectivity index (χ3n) is 3.11. The van der Waals surface area contributed by atoms with Gasteiger partial charge in [-0.05, 0) is 42.8 Å². The Kier molecular flexibility index (Phi) is 5.00. The van der Waals surface area contributed by atoms with Gasteiger partial charge in [-0.25, -0.2) is 12.8 Å². The third kappa shape index (κ3) is 4.29. The van der Waals surface area contributed by atoms with Gasteiger partial charge in [-0.15, -0.1) is 0 Å². The van der Waals surface area contributed by atoms with E-state index in [9.17, 15) is 17.6 Å². The Labute approximate surface area is 134 Å². The van der Waals surface area contributed by atoms with Gasteiger partial charge in [-0.3, -0.25) is 4.79 Å². The highest BCUT2D eigenvalue weighted by Crippen LogP contribution is 2.25. The molecule has 0 radical (unpaired) electrons. The summed E-state index contributed by atoms with van der Waals surface area (Å²) in [4.78, 5) is 11.8. The molecule has 122 valence electrons. The van der Waals surface area contributed by atoms with Crippen LogP contribution in [0.25, 0.3) is 0 Å². The van der Waals surface area contributed by atoms with Crippen LogP contribution in [0.2, 0.25) is 0 Å². The van der Waals surface area contributed by atoms with Crippen LogP contribution in [0, 0.1) is 12.7 Å². The molecule has 0 fully saturated rings. The fourth-order valence-electron chi connectivity index (χ4n) is 2.02. The van der Waals surface area contributed by atoms with Crippen molar-refractivity contribution in [3.8, 4) is 5.75 Å². The van der Waals surface area contributed by atoms with E-state index in [1.807, 2.05) is 6.92 Å². The highest BCUT2D eigenvalue weighted by molar-refractivity contribution is 7.92. The molecule has 0 saturated carbocycles. The summed E-state index contributed by atoms with van der Waals surface area (Å²) in [5, 5.41) is 2.51. The van der Waals surface area contributed by atoms with Crippen molar-refractivity contribution in [1.82, 2.24) is 0 Å². The molecule has 0 unspecified atom stereocenters. The first-order valence-electron chi connectivity index (χ1n) is 6.74. The number of halogens is 1. The summed E-state index contributed by atoms with van der Waals surface area (Å²) in [7, 11) is -2.48. The molecule has 1 amide bonds. The number of benzene rings is 2. The lowest BCUT2D eigenvalue weighted by Crippen LogP contribution is -2.23. The van der Waals surface area contributed by atoms with Crippen molar-refractivity contribution >= 4 is 21.4 Å². The maximum Gasteiger partial charge on any atom is 0.240 e. The van der Waals surface area contributed by atoms with Crippen LogP contribution >= 0.6 is 0 Å². The smallest absolute Gasteiger partial charge is 0.240 e. The zero-order valence-electron chi connectivity index (χ0n) is 12.7. The lowest BCUT2D eigenvalue weighted by Gasteiger charge is -2.11. The molecular formula is C16H16FNO4S. The van der Waals surface area contributed by atoms with Gasteiger partial charge >= 0.3 is 0 Å². The van der Waals surface area contributed by atoms with Crippen LogP contribution in [0.3, 0.4) is 0 Å². The van der Waals surface area contributed by atoms with Gasteiger partial charge in [0, 0.05) is 0 Å². The monoisotopic (exact) mass is 337 g/mol. The summed E-state index contributed by atoms with van der Waals surface area (Å²) in [6.45, 7) is 1.83. The summed E-state index contributed by atoms with van der Waals surface area (Å²) in [6, 6.07) is 9.70. The molecule has 2 rings (SSSR count). The number of ether oxygens (including phenoxy) is 1. The molecular weight excluding hydrogens is 321 g/mol. The topological polar surface area (TPSA) is 72.5 Å². The molecule has 0 aromatic heterocycles. The van der Waals surface area contributed by atoms with Crippen molar-refractivity contribution < 1.29 is 22.3 Å². The summed E-state index contributed by atoms with van der Waals surface area (Å²) < 4.78 is 42.6. The van der Waals surface area contributed by atoms with Crippen LogP contribution in [0.4, 0.5) is 10.1 Å². The Bertz CT molecular complexity index is 834. The van der Waals surface area contributed by atoms with Gasteiger partial charge in [0.05, 0.1) is 17.7 Å². The molecule has 7 heteroatoms. The van der Waals surface area contributed by atoms with E-state index < -0.39 is 27.3 Å². The standard InChI is InChI=1S/C16H16FNO4S/c1-11-6-7-15(22-2)14(8-11)18-16(19)10-23(20,21)13-5-3-4-12(17)9-13/h3-9H,10H2,1-2H3,(H,18,19). The first-order valence-corrected chi connectivity index (χ1v) is 8.40. The highest BCUT2D eigenvalue weighted by atomic mass is 32.2. The maximum atomic E-state index is 13.1. The van der Waals surface area contributed by atoms with Crippen LogP contribution in [-0.4, -0.2) is 27.2 Å². The van der Waals surface area contributed by atoms with Crippen molar-refractivity contribution in [2.75, 3.05) is 18.2 Å². The number of carbonyl (C=O) groups excluding carboxylic acids is 1. The first kappa shape index (κ1) is 17.0. The fraction of sp³-hybridized carbons (Fsp3) is 0.188. The van der Waals surface area contributed by atoms with E-state index in [0.29, 0.717) is 11.4 Å². The van der Waals surface area contributed by atoms with E-state index >= 15 is 0 Å². The highest BCUT2D eigenvalue weighted by Gasteiger charge is 2.20. The van der Waals surface area contributed by atoms with Gasteiger partial charge < -0.3 is 10.1 Å². The molecule has 1 N–H and O–H groups in total. The summed E-state index contributed by atoms with van der Waals surface area (Å²) in [6.07, 6.45) is 0. The van der Waals surface area contributed by atoms with Crippen LogP contribution < -0.4 is 10.1 Å². The molecule has 5 nitrogen and oxygen atoms in total. The fourth-order valence-corrected chi connectivity index (χ4v) is 3.18. The van der Waals surface area contributed by atoms with E-state index in [0.717, 1.165) is 17.7 Å². The Morgan fingerprint density at radius 2 is 1.96 bits per heavy atom. The molecule has 0 bridgehead atoms. The number of sulfone groups is 1. The van der Waals surface area contributed by atoms with Crippen LogP contribution in [0.1, 0.15) is 5.56 Å². The lowest BCUT2D eigenvalue weighted by molar-refractivity contribution is -0.113. The van der Waals surface area contributed by atoms with Gasteiger partial charge in [0.15, 0.2) is 9.84 Å². The molecule has 0 heterocycles. The van der Waals surface area contributed by atoms with Crippen LogP contribution in [-0.2, 0) is 14.6 Å². The zero-order chi connectivity index (χ0) is 17.0. The van der Waals surface area contributed by atoms with Crippen molar-refractivity contribution in [2.24, 2.45) is 0 Å². The number of hydrogen-bond donors (Lipinski definition) is 1. The van der Waals surface area contributed by atoms with Crippen molar-refractivity contribution in [1.29, 1.82) is 0 Å². The molecule has 2 aromatic carbocycles. The molecule has 0 aliphatic heterocycles. The average molecular weight is 337 g/mol. The molecule has 23 heavy (non-hydrogen) atoms.